The van der Waals surface area contributed by atoms with Gasteiger partial charge in [0.05, 0.1) is 22.7 Å². The fraction of sp³-hybridized carbons (Fsp3) is 0.350. The fourth-order valence-corrected chi connectivity index (χ4v) is 4.67. The van der Waals surface area contributed by atoms with Gasteiger partial charge in [0, 0.05) is 4.47 Å². The quantitative estimate of drug-likeness (QED) is 0.437. The van der Waals surface area contributed by atoms with Gasteiger partial charge in [-0.1, -0.05) is 15.9 Å². The zero-order chi connectivity index (χ0) is 22.4. The Kier molecular flexibility index (Phi) is 8.87. The summed E-state index contributed by atoms with van der Waals surface area (Å²) < 4.78 is 17.4. The number of esters is 2. The van der Waals surface area contributed by atoms with Gasteiger partial charge in [-0.2, -0.15) is 0 Å². The number of amides is 1. The third-order valence-corrected chi connectivity index (χ3v) is 5.96. The summed E-state index contributed by atoms with van der Waals surface area (Å²) in [5, 5.41) is 2.85. The first-order valence-corrected chi connectivity index (χ1v) is 11.4. The minimum Gasteiger partial charge on any atom is -0.483 e. The average Bonchev–Trinajstić information content (AvgIpc) is 2.96. The topological polar surface area (TPSA) is 90.9 Å². The highest BCUT2D eigenvalue weighted by Gasteiger charge is 2.27. The van der Waals surface area contributed by atoms with Gasteiger partial charge in [0.1, 0.15) is 15.6 Å². The van der Waals surface area contributed by atoms with Crippen LogP contribution in [0.5, 0.6) is 5.75 Å². The van der Waals surface area contributed by atoms with Crippen molar-refractivity contribution in [3.63, 3.8) is 0 Å². The average molecular weight is 563 g/mol. The number of carbonyl (C=O) groups excluding carboxylic acids is 3. The van der Waals surface area contributed by atoms with Gasteiger partial charge >= 0.3 is 11.9 Å². The summed E-state index contributed by atoms with van der Waals surface area (Å²) in [4.78, 5) is 37.5. The second-order valence-electron chi connectivity index (χ2n) is 6.35. The lowest BCUT2D eigenvalue weighted by atomic mass is 10.1. The predicted octanol–water partition coefficient (Wildman–Crippen LogP) is 5.34. The van der Waals surface area contributed by atoms with Crippen molar-refractivity contribution in [2.24, 2.45) is 0 Å². The Morgan fingerprint density at radius 2 is 1.87 bits per heavy atom. The molecule has 0 unspecified atom stereocenters. The molecule has 0 saturated carbocycles. The van der Waals surface area contributed by atoms with E-state index >= 15 is 0 Å². The van der Waals surface area contributed by atoms with Crippen LogP contribution >= 0.6 is 43.2 Å². The highest BCUT2D eigenvalue weighted by molar-refractivity contribution is 9.11. The van der Waals surface area contributed by atoms with E-state index in [0.717, 1.165) is 15.8 Å². The van der Waals surface area contributed by atoms with Crippen molar-refractivity contribution in [3.05, 3.63) is 43.1 Å². The summed E-state index contributed by atoms with van der Waals surface area (Å²) in [5.41, 5.74) is 0.534. The third-order valence-electron chi connectivity index (χ3n) is 3.66. The highest BCUT2D eigenvalue weighted by Crippen LogP contribution is 2.34. The predicted molar refractivity (Wildman–Crippen MR) is 122 cm³/mol. The van der Waals surface area contributed by atoms with E-state index in [1.807, 2.05) is 0 Å². The van der Waals surface area contributed by atoms with Crippen LogP contribution in [0.4, 0.5) is 5.00 Å². The molecule has 0 aliphatic heterocycles. The first-order chi connectivity index (χ1) is 14.1. The Bertz CT molecular complexity index is 957. The van der Waals surface area contributed by atoms with E-state index in [9.17, 15) is 14.4 Å². The van der Waals surface area contributed by atoms with Crippen molar-refractivity contribution < 1.29 is 28.6 Å². The number of benzene rings is 1. The molecule has 2 rings (SSSR count). The number of thiophene rings is 1. The zero-order valence-corrected chi connectivity index (χ0v) is 20.8. The van der Waals surface area contributed by atoms with Crippen molar-refractivity contribution in [2.75, 3.05) is 18.5 Å². The van der Waals surface area contributed by atoms with Crippen molar-refractivity contribution in [2.45, 2.75) is 33.8 Å². The second-order valence-corrected chi connectivity index (χ2v) is 9.14. The Morgan fingerprint density at radius 1 is 1.17 bits per heavy atom. The monoisotopic (exact) mass is 561 g/mol. The summed E-state index contributed by atoms with van der Waals surface area (Å²) in [5.74, 6) is -1.18. The summed E-state index contributed by atoms with van der Waals surface area (Å²) >= 11 is 7.68. The molecule has 1 N–H and O–H groups in total. The van der Waals surface area contributed by atoms with Crippen LogP contribution in [0, 0.1) is 6.92 Å². The van der Waals surface area contributed by atoms with E-state index in [-0.39, 0.29) is 34.8 Å². The molecule has 0 atom stereocenters. The molecule has 1 amide bonds. The number of carbonyl (C=O) groups is 3. The maximum atomic E-state index is 12.4. The molecule has 0 spiro atoms. The van der Waals surface area contributed by atoms with E-state index in [4.69, 9.17) is 14.2 Å². The molecule has 7 nitrogen and oxygen atoms in total. The largest absolute Gasteiger partial charge is 0.483 e. The molecule has 1 aromatic carbocycles. The molecule has 10 heteroatoms. The van der Waals surface area contributed by atoms with Gasteiger partial charge in [0.15, 0.2) is 6.61 Å². The van der Waals surface area contributed by atoms with Crippen LogP contribution in [0.25, 0.3) is 0 Å². The first-order valence-electron chi connectivity index (χ1n) is 9.03. The zero-order valence-electron chi connectivity index (χ0n) is 16.8. The molecular weight excluding hydrogens is 542 g/mol. The maximum absolute atomic E-state index is 12.4. The van der Waals surface area contributed by atoms with E-state index in [1.54, 1.807) is 45.9 Å². The number of anilines is 1. The van der Waals surface area contributed by atoms with Gasteiger partial charge in [0.2, 0.25) is 0 Å². The standard InChI is InChI=1S/C20H21Br2NO6S/c1-5-27-19(25)16-11(4)17(20(26)29-10(2)3)30-18(16)23-15(24)9-28-14-7-6-12(21)8-13(14)22/h6-8,10H,5,9H2,1-4H3,(H,23,24). The van der Waals surface area contributed by atoms with E-state index < -0.39 is 17.8 Å². The molecule has 1 heterocycles. The molecular formula is C20H21Br2NO6S. The van der Waals surface area contributed by atoms with Crippen LogP contribution in [-0.2, 0) is 14.3 Å². The number of ether oxygens (including phenoxy) is 3. The van der Waals surface area contributed by atoms with Crippen LogP contribution in [0.3, 0.4) is 0 Å². The minimum atomic E-state index is -0.623. The Hall–Kier alpha value is -1.91. The fourth-order valence-electron chi connectivity index (χ4n) is 2.41. The maximum Gasteiger partial charge on any atom is 0.348 e. The summed E-state index contributed by atoms with van der Waals surface area (Å²) in [6.45, 7) is 6.63. The molecule has 0 saturated heterocycles. The number of halogens is 2. The normalized spacial score (nSPS) is 10.6. The van der Waals surface area contributed by atoms with Gasteiger partial charge in [-0.15, -0.1) is 11.3 Å². The molecule has 30 heavy (non-hydrogen) atoms. The second kappa shape index (κ2) is 10.9. The van der Waals surface area contributed by atoms with E-state index in [2.05, 4.69) is 37.2 Å². The molecule has 0 aliphatic rings. The third kappa shape index (κ3) is 6.29. The number of hydrogen-bond acceptors (Lipinski definition) is 7. The van der Waals surface area contributed by atoms with Crippen LogP contribution < -0.4 is 10.1 Å². The van der Waals surface area contributed by atoms with E-state index in [0.29, 0.717) is 15.8 Å². The van der Waals surface area contributed by atoms with Gasteiger partial charge in [0.25, 0.3) is 5.91 Å². The van der Waals surface area contributed by atoms with Crippen LogP contribution in [-0.4, -0.2) is 37.2 Å². The van der Waals surface area contributed by atoms with Crippen molar-refractivity contribution in [1.82, 2.24) is 0 Å². The lowest BCUT2D eigenvalue weighted by Crippen LogP contribution is -2.21. The summed E-state index contributed by atoms with van der Waals surface area (Å²) in [6, 6.07) is 5.29. The molecule has 2 aromatic rings. The van der Waals surface area contributed by atoms with Crippen molar-refractivity contribution >= 4 is 66.0 Å². The highest BCUT2D eigenvalue weighted by atomic mass is 79.9. The van der Waals surface area contributed by atoms with Gasteiger partial charge in [-0.05, 0) is 67.4 Å². The number of hydrogen-bond donors (Lipinski definition) is 1. The van der Waals surface area contributed by atoms with Crippen molar-refractivity contribution in [3.8, 4) is 5.75 Å². The Balaban J connectivity index is 2.22. The van der Waals surface area contributed by atoms with Crippen LogP contribution in [0.2, 0.25) is 0 Å². The number of rotatable bonds is 8. The summed E-state index contributed by atoms with van der Waals surface area (Å²) in [7, 11) is 0. The Labute approximate surface area is 195 Å². The molecule has 0 radical (unpaired) electrons. The van der Waals surface area contributed by atoms with Crippen LogP contribution in [0.1, 0.15) is 46.4 Å². The molecule has 1 aromatic heterocycles. The molecule has 162 valence electrons. The summed E-state index contributed by atoms with van der Waals surface area (Å²) in [6.07, 6.45) is -0.319. The van der Waals surface area contributed by atoms with Gasteiger partial charge in [-0.3, -0.25) is 4.79 Å². The molecule has 0 bridgehead atoms. The SMILES string of the molecule is CCOC(=O)c1c(NC(=O)COc2ccc(Br)cc2Br)sc(C(=O)OC(C)C)c1C. The molecule has 0 aliphatic carbocycles. The van der Waals surface area contributed by atoms with Gasteiger partial charge in [-0.25, -0.2) is 9.59 Å². The lowest BCUT2D eigenvalue weighted by Gasteiger charge is -2.09. The van der Waals surface area contributed by atoms with E-state index in [1.165, 1.54) is 0 Å². The Morgan fingerprint density at radius 3 is 2.47 bits per heavy atom. The van der Waals surface area contributed by atoms with Gasteiger partial charge < -0.3 is 19.5 Å². The number of nitrogens with one attached hydrogen (secondary N) is 1. The first kappa shape index (κ1) is 24.4. The van der Waals surface area contributed by atoms with Crippen molar-refractivity contribution in [1.29, 1.82) is 0 Å². The lowest BCUT2D eigenvalue weighted by molar-refractivity contribution is -0.118. The minimum absolute atomic E-state index is 0.135. The van der Waals surface area contributed by atoms with Crippen LogP contribution in [0.15, 0.2) is 27.1 Å². The smallest absolute Gasteiger partial charge is 0.348 e. The molecule has 0 fully saturated rings.